The van der Waals surface area contributed by atoms with Crippen LogP contribution in [0.2, 0.25) is 0 Å². The minimum Gasteiger partial charge on any atom is -0.489 e. The van der Waals surface area contributed by atoms with E-state index in [1.54, 1.807) is 18.3 Å². The Kier molecular flexibility index (Phi) is 12.1. The van der Waals surface area contributed by atoms with Gasteiger partial charge in [-0.2, -0.15) is 0 Å². The standard InChI is InChI=1S/C45H50N4O16/c46-43(47)41(63-32(55)16-31(53)54)40-36(56)42(57)45(58)10-8-23-25(18-49-17-22-9-11-48-35(22)26(49)19-51)34-30(15-28(23)62-44(45)65-40)61-29(14-21-4-2-1-3-5-21)33-24-6-7-27(60-20-52)38(59-13-12-50)37(24)64-39(33)34/h1-7,9,11,15,17,29,33,36,39-44,48,50-52,56-58H,8,10,12-14,16,18-20,46-47H2,(H,53,54)/t29-,33+,36+,39+,40-,41+,42-,44+,45+/m0/s1. The number of H-pyrrole nitrogens is 1. The minimum atomic E-state index is -2.29. The summed E-state index contributed by atoms with van der Waals surface area (Å²) in [5.41, 5.74) is 14.4. The first-order valence-corrected chi connectivity index (χ1v) is 21.1. The van der Waals surface area contributed by atoms with E-state index in [1.165, 1.54) is 0 Å². The van der Waals surface area contributed by atoms with Crippen LogP contribution in [0.4, 0.5) is 0 Å². The van der Waals surface area contributed by atoms with Crippen LogP contribution in [0.5, 0.6) is 28.7 Å². The predicted molar refractivity (Wildman–Crippen MR) is 224 cm³/mol. The first-order valence-electron chi connectivity index (χ1n) is 21.1. The number of aliphatic hydroxyl groups is 6. The Bertz CT molecular complexity index is 2560. The molecule has 0 radical (unpaired) electrons. The molecule has 4 aliphatic heterocycles. The third-order valence-corrected chi connectivity index (χ3v) is 12.7. The normalized spacial score (nSPS) is 25.7. The number of ether oxygens (including phenoxy) is 7. The van der Waals surface area contributed by atoms with Crippen LogP contribution < -0.4 is 35.2 Å². The largest absolute Gasteiger partial charge is 0.489 e. The van der Waals surface area contributed by atoms with Gasteiger partial charge in [-0.3, -0.25) is 9.59 Å². The Morgan fingerprint density at radius 3 is 2.52 bits per heavy atom. The van der Waals surface area contributed by atoms with Crippen molar-refractivity contribution in [2.75, 3.05) is 20.0 Å². The van der Waals surface area contributed by atoms with E-state index in [-0.39, 0.29) is 56.5 Å². The van der Waals surface area contributed by atoms with Crippen LogP contribution >= 0.6 is 0 Å². The van der Waals surface area contributed by atoms with Gasteiger partial charge < -0.3 is 89.9 Å². The lowest BCUT2D eigenvalue weighted by molar-refractivity contribution is -0.329. The number of aromatic amines is 1. The molecule has 9 atom stereocenters. The average molecular weight is 903 g/mol. The van der Waals surface area contributed by atoms with Crippen molar-refractivity contribution in [2.24, 2.45) is 11.5 Å². The number of nitrogens with one attached hydrogen (secondary N) is 1. The number of aliphatic hydroxyl groups excluding tert-OH is 5. The number of carbonyl (C=O) groups is 2. The summed E-state index contributed by atoms with van der Waals surface area (Å²) in [5.74, 6) is -2.01. The maximum atomic E-state index is 12.5. The van der Waals surface area contributed by atoms with Gasteiger partial charge in [0.15, 0.2) is 30.0 Å². The van der Waals surface area contributed by atoms with Gasteiger partial charge in [0, 0.05) is 53.5 Å². The monoisotopic (exact) mass is 902 g/mol. The number of hydrogen-bond acceptors (Lipinski definition) is 17. The lowest BCUT2D eigenvalue weighted by atomic mass is 9.78. The number of aromatic nitrogens is 2. The lowest BCUT2D eigenvalue weighted by Crippen LogP contribution is -2.71. The quantitative estimate of drug-likeness (QED) is 0.0390. The van der Waals surface area contributed by atoms with Gasteiger partial charge in [0.1, 0.15) is 55.0 Å². The van der Waals surface area contributed by atoms with Crippen LogP contribution in [0.1, 0.15) is 58.4 Å². The fourth-order valence-corrected chi connectivity index (χ4v) is 9.73. The van der Waals surface area contributed by atoms with Gasteiger partial charge in [-0.05, 0) is 36.1 Å². The van der Waals surface area contributed by atoms with Crippen LogP contribution in [0.3, 0.4) is 0 Å². The molecule has 12 N–H and O–H groups in total. The van der Waals surface area contributed by atoms with E-state index in [9.17, 15) is 40.2 Å². The Labute approximate surface area is 370 Å². The molecule has 3 aromatic carbocycles. The smallest absolute Gasteiger partial charge is 0.317 e. The summed E-state index contributed by atoms with van der Waals surface area (Å²) in [4.78, 5) is 27.0. The zero-order valence-electron chi connectivity index (χ0n) is 34.8. The molecule has 2 aromatic heterocycles. The molecule has 0 amide bonds. The molecule has 0 unspecified atom stereocenters. The maximum Gasteiger partial charge on any atom is 0.317 e. The maximum absolute atomic E-state index is 12.5. The molecule has 1 fully saturated rings. The van der Waals surface area contributed by atoms with E-state index >= 15 is 0 Å². The first-order chi connectivity index (χ1) is 31.3. The molecule has 0 spiro atoms. The van der Waals surface area contributed by atoms with Gasteiger partial charge in [0.2, 0.25) is 12.0 Å². The van der Waals surface area contributed by atoms with Crippen molar-refractivity contribution >= 4 is 22.8 Å². The SMILES string of the molecule is NC(N)[C@H](OC(=O)CC(=O)O)[C@H]1O[C@H]2Oc3cc4c(c(Cn5cc6cc[nH]c6c5CO)c3CC[C@@]2(O)[C@@H](O)[C@@H]1O)[C@@H]1Oc2c(ccc(OCO)c2OCCO)[C@@H]1[C@H](Cc1ccccc1)O4. The molecule has 20 nitrogen and oxygen atoms in total. The molecule has 20 heteroatoms. The third kappa shape index (κ3) is 7.89. The highest BCUT2D eigenvalue weighted by Gasteiger charge is 2.60. The fourth-order valence-electron chi connectivity index (χ4n) is 9.73. The Balaban J connectivity index is 1.20. The van der Waals surface area contributed by atoms with E-state index in [4.69, 9.17) is 49.7 Å². The summed E-state index contributed by atoms with van der Waals surface area (Å²) >= 11 is 0. The molecule has 1 saturated heterocycles. The predicted octanol–water partition coefficient (Wildman–Crippen LogP) is 0.564. The molecule has 6 heterocycles. The summed E-state index contributed by atoms with van der Waals surface area (Å²) in [6.45, 7) is -1.29. The van der Waals surface area contributed by atoms with Crippen molar-refractivity contribution < 1.29 is 78.5 Å². The molecular weight excluding hydrogens is 853 g/mol. The number of carboxylic acid groups (broad SMARTS) is 1. The number of fused-ring (bicyclic) bond motifs is 8. The molecule has 0 bridgehead atoms. The second-order valence-electron chi connectivity index (χ2n) is 16.6. The number of rotatable bonds is 15. The van der Waals surface area contributed by atoms with Crippen molar-refractivity contribution in [1.82, 2.24) is 9.55 Å². The van der Waals surface area contributed by atoms with Crippen molar-refractivity contribution in [3.05, 3.63) is 101 Å². The van der Waals surface area contributed by atoms with Gasteiger partial charge in [0.05, 0.1) is 36.5 Å². The number of aliphatic carboxylic acids is 1. The molecular formula is C45H50N4O16. The molecule has 4 aliphatic rings. The first kappa shape index (κ1) is 44.3. The van der Waals surface area contributed by atoms with Gasteiger partial charge in [-0.1, -0.05) is 36.4 Å². The number of benzene rings is 3. The van der Waals surface area contributed by atoms with Crippen molar-refractivity contribution in [2.45, 2.75) is 99.4 Å². The molecule has 0 saturated carbocycles. The molecule has 0 aliphatic carbocycles. The Morgan fingerprint density at radius 2 is 1.80 bits per heavy atom. The molecule has 5 aromatic rings. The number of esters is 1. The highest BCUT2D eigenvalue weighted by molar-refractivity contribution is 5.90. The van der Waals surface area contributed by atoms with E-state index in [1.807, 2.05) is 53.2 Å². The Morgan fingerprint density at radius 1 is 1.00 bits per heavy atom. The second kappa shape index (κ2) is 17.8. The molecule has 9 rings (SSSR count). The third-order valence-electron chi connectivity index (χ3n) is 12.7. The van der Waals surface area contributed by atoms with Gasteiger partial charge in [-0.15, -0.1) is 0 Å². The van der Waals surface area contributed by atoms with Crippen molar-refractivity contribution in [3.8, 4) is 28.7 Å². The topological polar surface area (TPSA) is 313 Å². The van der Waals surface area contributed by atoms with E-state index in [2.05, 4.69) is 4.98 Å². The minimum absolute atomic E-state index is 0.0287. The Hall–Kier alpha value is -5.94. The van der Waals surface area contributed by atoms with Crippen LogP contribution in [-0.4, -0.2) is 126 Å². The summed E-state index contributed by atoms with van der Waals surface area (Å²) in [5, 5.41) is 75.7. The lowest BCUT2D eigenvalue weighted by Gasteiger charge is -2.48. The van der Waals surface area contributed by atoms with Gasteiger partial charge in [0.25, 0.3) is 0 Å². The second-order valence-corrected chi connectivity index (χ2v) is 16.6. The highest BCUT2D eigenvalue weighted by Crippen LogP contribution is 2.60. The van der Waals surface area contributed by atoms with Crippen LogP contribution in [0.25, 0.3) is 10.9 Å². The summed E-state index contributed by atoms with van der Waals surface area (Å²) in [7, 11) is 0. The summed E-state index contributed by atoms with van der Waals surface area (Å²) < 4.78 is 45.5. The number of nitrogens with two attached hydrogens (primary N) is 2. The van der Waals surface area contributed by atoms with Crippen LogP contribution in [0.15, 0.2) is 67.0 Å². The molecule has 346 valence electrons. The van der Waals surface area contributed by atoms with E-state index < -0.39 is 85.8 Å². The number of carboxylic acids is 1. The summed E-state index contributed by atoms with van der Waals surface area (Å²) in [6, 6.07) is 16.7. The average Bonchev–Trinajstić information content (AvgIpc) is 3.96. The number of hydrogen-bond donors (Lipinski definition) is 10. The molecule has 65 heavy (non-hydrogen) atoms. The van der Waals surface area contributed by atoms with Gasteiger partial charge in [-0.25, -0.2) is 0 Å². The zero-order valence-corrected chi connectivity index (χ0v) is 34.8. The van der Waals surface area contributed by atoms with Crippen LogP contribution in [0, 0.1) is 0 Å². The fraction of sp³-hybridized carbons (Fsp3) is 0.422. The van der Waals surface area contributed by atoms with Gasteiger partial charge >= 0.3 is 11.9 Å². The summed E-state index contributed by atoms with van der Waals surface area (Å²) in [6.07, 6.45) is -9.15. The van der Waals surface area contributed by atoms with E-state index in [0.29, 0.717) is 40.3 Å². The van der Waals surface area contributed by atoms with Crippen molar-refractivity contribution in [1.29, 1.82) is 0 Å². The zero-order chi connectivity index (χ0) is 45.7. The number of nitrogens with zero attached hydrogens (tertiary/aromatic N) is 1. The van der Waals surface area contributed by atoms with Crippen LogP contribution in [-0.2, 0) is 45.1 Å². The van der Waals surface area contributed by atoms with E-state index in [0.717, 1.165) is 22.0 Å². The highest BCUT2D eigenvalue weighted by atomic mass is 16.7. The van der Waals surface area contributed by atoms with Crippen molar-refractivity contribution in [3.63, 3.8) is 0 Å². The number of carbonyl (C=O) groups excluding carboxylic acids is 1.